The summed E-state index contributed by atoms with van der Waals surface area (Å²) < 4.78 is 76.5. The Kier molecular flexibility index (Phi) is 22.1. The number of nitrogens with zero attached hydrogens (tertiary/aromatic N) is 4. The van der Waals surface area contributed by atoms with Crippen LogP contribution in [0.25, 0.3) is 10.4 Å². The van der Waals surface area contributed by atoms with E-state index in [4.69, 9.17) is 51.8 Å². The van der Waals surface area contributed by atoms with E-state index in [1.165, 1.54) is 39.2 Å². The Bertz CT molecular complexity index is 2200. The molecule has 7 atom stereocenters. The van der Waals surface area contributed by atoms with Gasteiger partial charge in [0.1, 0.15) is 30.6 Å². The Labute approximate surface area is 385 Å². The fourth-order valence-corrected chi connectivity index (χ4v) is 7.71. The van der Waals surface area contributed by atoms with E-state index >= 15 is 0 Å². The molecule has 3 aromatic rings. The van der Waals surface area contributed by atoms with Crippen LogP contribution in [0.2, 0.25) is 0 Å². The number of azide groups is 1. The van der Waals surface area contributed by atoms with Gasteiger partial charge in [-0.05, 0) is 73.4 Å². The topological polar surface area (TPSA) is 251 Å². The zero-order chi connectivity index (χ0) is 47.9. The normalized spacial score (nSPS) is 19.2. The first kappa shape index (κ1) is 52.8. The summed E-state index contributed by atoms with van der Waals surface area (Å²) in [6.07, 6.45) is -1.97. The summed E-state index contributed by atoms with van der Waals surface area (Å²) in [5.41, 5.74) is 9.51. The molecule has 1 heterocycles. The van der Waals surface area contributed by atoms with Gasteiger partial charge in [-0.15, -0.1) is 4.36 Å². The van der Waals surface area contributed by atoms with Crippen LogP contribution in [-0.2, 0) is 64.3 Å². The molecule has 1 fully saturated rings. The van der Waals surface area contributed by atoms with Crippen LogP contribution in [-0.4, -0.2) is 119 Å². The first-order valence-corrected chi connectivity index (χ1v) is 22.7. The van der Waals surface area contributed by atoms with E-state index in [-0.39, 0.29) is 66.4 Å². The lowest BCUT2D eigenvalue weighted by Crippen LogP contribution is -2.54. The molecule has 1 saturated heterocycles. The van der Waals surface area contributed by atoms with Crippen molar-refractivity contribution in [1.82, 2.24) is 5.32 Å². The number of likely N-dealkylation sites (N-methyl/N-ethyl adjacent to an activating group) is 1. The molecule has 0 spiro atoms. The fraction of sp³-hybridized carbons (Fsp3) is 0.511. The minimum absolute atomic E-state index is 0.00744. The smallest absolute Gasteiger partial charge is 0.393 e. The van der Waals surface area contributed by atoms with Gasteiger partial charge in [0.15, 0.2) is 17.3 Å². The third-order valence-electron chi connectivity index (χ3n) is 10.1. The molecule has 1 aliphatic heterocycles. The molecule has 0 aromatic heterocycles. The van der Waals surface area contributed by atoms with Gasteiger partial charge in [-0.1, -0.05) is 49.3 Å². The lowest BCUT2D eigenvalue weighted by Gasteiger charge is -2.43. The average Bonchev–Trinajstić information content (AvgIpc) is 3.29. The van der Waals surface area contributed by atoms with Crippen molar-refractivity contribution in [3.05, 3.63) is 94.4 Å². The van der Waals surface area contributed by atoms with Crippen molar-refractivity contribution in [2.24, 2.45) is 21.3 Å². The van der Waals surface area contributed by atoms with Gasteiger partial charge in [-0.2, -0.15) is 4.21 Å². The molecule has 0 bridgehead atoms. The SMILES string of the molecule is CN[C@@H](Cc1ccc(OS(=O)(=Nc2ccccc2)Oc2cc(C(=O)CCCOCCOCCOCCN=[N+]=[N-])ccc2OC2O[C@H](COC(C)=O)[C@H](OC(C)=O)[C@H](C)[C@H]2C)cc1)C(=O)OC. The molecule has 1 aliphatic rings. The Hall–Kier alpha value is -5.80. The van der Waals surface area contributed by atoms with E-state index in [2.05, 4.69) is 19.7 Å². The highest BCUT2D eigenvalue weighted by Gasteiger charge is 2.45. The molecule has 0 aliphatic carbocycles. The van der Waals surface area contributed by atoms with E-state index in [0.717, 1.165) is 5.56 Å². The molecule has 4 rings (SSSR count). The molecular formula is C45H59N5O15S. The maximum Gasteiger partial charge on any atom is 0.393 e. The number of esters is 3. The zero-order valence-corrected chi connectivity index (χ0v) is 38.8. The van der Waals surface area contributed by atoms with Gasteiger partial charge >= 0.3 is 28.2 Å². The van der Waals surface area contributed by atoms with Crippen molar-refractivity contribution < 1.29 is 69.6 Å². The maximum absolute atomic E-state index is 14.9. The van der Waals surface area contributed by atoms with Crippen molar-refractivity contribution in [2.45, 2.75) is 71.5 Å². The predicted molar refractivity (Wildman–Crippen MR) is 239 cm³/mol. The molecule has 2 unspecified atom stereocenters. The second kappa shape index (κ2) is 27.6. The molecule has 3 aromatic carbocycles. The highest BCUT2D eigenvalue weighted by molar-refractivity contribution is 7.85. The second-order valence-corrected chi connectivity index (χ2v) is 16.3. The molecule has 0 radical (unpaired) electrons. The number of ketones is 1. The van der Waals surface area contributed by atoms with Gasteiger partial charge in [-0.3, -0.25) is 19.2 Å². The van der Waals surface area contributed by atoms with Gasteiger partial charge < -0.3 is 51.6 Å². The zero-order valence-electron chi connectivity index (χ0n) is 38.0. The minimum Gasteiger partial charge on any atom is -0.468 e. The number of rotatable bonds is 28. The second-order valence-electron chi connectivity index (χ2n) is 15.0. The minimum atomic E-state index is -4.19. The summed E-state index contributed by atoms with van der Waals surface area (Å²) in [4.78, 5) is 52.4. The van der Waals surface area contributed by atoms with E-state index in [1.807, 2.05) is 13.8 Å². The molecule has 21 heteroatoms. The number of methoxy groups -OCH3 is 1. The van der Waals surface area contributed by atoms with Gasteiger partial charge in [0.25, 0.3) is 0 Å². The number of ether oxygens (including phenoxy) is 8. The van der Waals surface area contributed by atoms with Gasteiger partial charge in [0.2, 0.25) is 6.29 Å². The molecule has 0 saturated carbocycles. The molecule has 66 heavy (non-hydrogen) atoms. The average molecular weight is 942 g/mol. The fourth-order valence-electron chi connectivity index (χ4n) is 6.51. The summed E-state index contributed by atoms with van der Waals surface area (Å²) in [6, 6.07) is 18.7. The molecule has 360 valence electrons. The highest BCUT2D eigenvalue weighted by atomic mass is 32.2. The van der Waals surface area contributed by atoms with E-state index in [0.29, 0.717) is 45.9 Å². The first-order valence-electron chi connectivity index (χ1n) is 21.3. The largest absolute Gasteiger partial charge is 0.468 e. The number of Topliss-reactive ketones (excluding diaryl/α,β-unsaturated/α-hetero) is 1. The first-order chi connectivity index (χ1) is 31.7. The van der Waals surface area contributed by atoms with Gasteiger partial charge in [-0.25, -0.2) is 0 Å². The highest BCUT2D eigenvalue weighted by Crippen LogP contribution is 2.39. The van der Waals surface area contributed by atoms with Crippen LogP contribution in [0, 0.1) is 11.8 Å². The van der Waals surface area contributed by atoms with Crippen molar-refractivity contribution in [1.29, 1.82) is 0 Å². The molecule has 20 nitrogen and oxygen atoms in total. The van der Waals surface area contributed by atoms with Crippen LogP contribution in [0.15, 0.2) is 82.3 Å². The Morgan fingerprint density at radius 3 is 2.17 bits per heavy atom. The van der Waals surface area contributed by atoms with Crippen molar-refractivity contribution in [2.75, 3.05) is 67.0 Å². The van der Waals surface area contributed by atoms with Crippen LogP contribution >= 0.6 is 0 Å². The van der Waals surface area contributed by atoms with Gasteiger partial charge in [0.05, 0.1) is 45.8 Å². The molecular weight excluding hydrogens is 883 g/mol. The van der Waals surface area contributed by atoms with Crippen molar-refractivity contribution in [3.8, 4) is 17.2 Å². The number of hydrogen-bond donors (Lipinski definition) is 1. The third kappa shape index (κ3) is 17.5. The van der Waals surface area contributed by atoms with Crippen LogP contribution in [0.5, 0.6) is 17.2 Å². The summed E-state index contributed by atoms with van der Waals surface area (Å²) in [5.74, 6) is -2.66. The Morgan fingerprint density at radius 1 is 0.848 bits per heavy atom. The summed E-state index contributed by atoms with van der Waals surface area (Å²) in [5, 5.41) is 6.31. The van der Waals surface area contributed by atoms with E-state index in [9.17, 15) is 23.4 Å². The third-order valence-corrected chi connectivity index (χ3v) is 11.3. The van der Waals surface area contributed by atoms with E-state index in [1.54, 1.807) is 61.6 Å². The lowest BCUT2D eigenvalue weighted by atomic mass is 9.84. The summed E-state index contributed by atoms with van der Waals surface area (Å²) in [7, 11) is -1.24. The Morgan fingerprint density at radius 2 is 1.53 bits per heavy atom. The van der Waals surface area contributed by atoms with Crippen LogP contribution in [0.4, 0.5) is 5.69 Å². The number of benzene rings is 3. The number of hydrogen-bond acceptors (Lipinski definition) is 18. The van der Waals surface area contributed by atoms with Gasteiger partial charge in [0, 0.05) is 55.7 Å². The van der Waals surface area contributed by atoms with Crippen LogP contribution < -0.4 is 18.4 Å². The Balaban J connectivity index is 1.60. The predicted octanol–water partition coefficient (Wildman–Crippen LogP) is 6.27. The van der Waals surface area contributed by atoms with Crippen LogP contribution in [0.1, 0.15) is 56.5 Å². The summed E-state index contributed by atoms with van der Waals surface area (Å²) in [6.45, 7) is 8.09. The van der Waals surface area contributed by atoms with E-state index < -0.39 is 58.7 Å². The van der Waals surface area contributed by atoms with Crippen LogP contribution in [0.3, 0.4) is 0 Å². The van der Waals surface area contributed by atoms with Crippen molar-refractivity contribution >= 4 is 39.7 Å². The summed E-state index contributed by atoms with van der Waals surface area (Å²) >= 11 is 0. The number of carbonyl (C=O) groups is 4. The number of carbonyl (C=O) groups excluding carboxylic acids is 4. The number of nitrogens with one attached hydrogen (secondary N) is 1. The standard InChI is InChI=1S/C45H59N5O15S/c1-30-31(2)45(63-42(29-60-32(3)51)43(30)61-33(4)52)62-40-19-16-35(39(53)13-10-21-57-23-25-59-26-24-58-22-20-48-50-46)28-41(40)65-66(55,49-36-11-8-7-9-12-36)64-37-17-14-34(15-18-37)27-38(47-5)44(54)56-6/h7-9,11-12,14-19,28,30-31,38,42-43,45,47H,10,13,20-27,29H2,1-6H3/t30-,31-,38+,42-,43-,45?,66?/m1/s1. The quantitative estimate of drug-likeness (QED) is 0.0160. The molecule has 1 N–H and O–H groups in total. The maximum atomic E-state index is 14.9. The van der Waals surface area contributed by atoms with Crippen molar-refractivity contribution in [3.63, 3.8) is 0 Å². The monoisotopic (exact) mass is 941 g/mol. The molecule has 0 amide bonds. The lowest BCUT2D eigenvalue weighted by molar-refractivity contribution is -0.248.